The largest absolute Gasteiger partial charge is 0.314 e. The maximum atomic E-state index is 11.7. The average Bonchev–Trinajstić information content (AvgIpc) is 2.34. The second-order valence-corrected chi connectivity index (χ2v) is 6.39. The van der Waals surface area contributed by atoms with E-state index in [0.717, 1.165) is 5.56 Å². The lowest BCUT2D eigenvalue weighted by Gasteiger charge is -2.09. The van der Waals surface area contributed by atoms with Gasteiger partial charge in [-0.05, 0) is 24.6 Å². The normalized spacial score (nSPS) is 11.9. The molecule has 0 aliphatic carbocycles. The molecule has 1 aromatic rings. The maximum Gasteiger partial charge on any atom is 0.211 e. The molecule has 1 rings (SSSR count). The lowest BCUT2D eigenvalue weighted by atomic mass is 10.3. The minimum atomic E-state index is -3.20. The molecule has 0 bridgehead atoms. The van der Waals surface area contributed by atoms with E-state index in [1.807, 2.05) is 19.9 Å². The van der Waals surface area contributed by atoms with Gasteiger partial charge in [-0.1, -0.05) is 19.9 Å². The number of nitrogens with zero attached hydrogens (tertiary/aromatic N) is 1. The van der Waals surface area contributed by atoms with E-state index in [9.17, 15) is 8.42 Å². The molecule has 0 saturated carbocycles. The fourth-order valence-electron chi connectivity index (χ4n) is 1.42. The Bertz CT molecular complexity index is 432. The van der Waals surface area contributed by atoms with Gasteiger partial charge in [-0.15, -0.1) is 0 Å². The molecule has 102 valence electrons. The molecule has 0 saturated heterocycles. The summed E-state index contributed by atoms with van der Waals surface area (Å²) in [6.45, 7) is 5.09. The number of hydrogen-bond donors (Lipinski definition) is 2. The van der Waals surface area contributed by atoms with Crippen LogP contribution >= 0.6 is 0 Å². The Morgan fingerprint density at radius 2 is 2.17 bits per heavy atom. The van der Waals surface area contributed by atoms with Crippen molar-refractivity contribution >= 4 is 10.0 Å². The first kappa shape index (κ1) is 15.1. The number of nitrogens with one attached hydrogen (secondary N) is 2. The molecule has 2 N–H and O–H groups in total. The minimum Gasteiger partial charge on any atom is -0.314 e. The highest BCUT2D eigenvalue weighted by atomic mass is 32.2. The van der Waals surface area contributed by atoms with E-state index in [2.05, 4.69) is 15.0 Å². The smallest absolute Gasteiger partial charge is 0.211 e. The summed E-state index contributed by atoms with van der Waals surface area (Å²) in [5.41, 5.74) is 0.862. The average molecular weight is 271 g/mol. The summed E-state index contributed by atoms with van der Waals surface area (Å²) in [5, 5.41) is 3.19. The number of pyridine rings is 1. The van der Waals surface area contributed by atoms with Crippen LogP contribution in [0, 0.1) is 0 Å². The molecule has 0 aliphatic heterocycles. The van der Waals surface area contributed by atoms with E-state index in [4.69, 9.17) is 0 Å². The molecular weight excluding hydrogens is 250 g/mol. The van der Waals surface area contributed by atoms with E-state index in [0.29, 0.717) is 25.6 Å². The zero-order valence-electron chi connectivity index (χ0n) is 10.9. The Morgan fingerprint density at radius 1 is 1.39 bits per heavy atom. The lowest BCUT2D eigenvalue weighted by Crippen LogP contribution is -2.29. The van der Waals surface area contributed by atoms with Crippen molar-refractivity contribution in [3.8, 4) is 0 Å². The number of aromatic nitrogens is 1. The molecule has 5 nitrogen and oxygen atoms in total. The van der Waals surface area contributed by atoms with Crippen LogP contribution in [-0.4, -0.2) is 31.7 Å². The van der Waals surface area contributed by atoms with Gasteiger partial charge in [-0.3, -0.25) is 4.98 Å². The molecule has 0 spiro atoms. The van der Waals surface area contributed by atoms with Crippen LogP contribution in [0.5, 0.6) is 0 Å². The highest BCUT2D eigenvalue weighted by Gasteiger charge is 2.09. The van der Waals surface area contributed by atoms with Gasteiger partial charge in [0.2, 0.25) is 10.0 Å². The quantitative estimate of drug-likeness (QED) is 0.689. The molecule has 0 radical (unpaired) electrons. The third kappa shape index (κ3) is 6.68. The predicted octanol–water partition coefficient (Wildman–Crippen LogP) is 0.889. The van der Waals surface area contributed by atoms with E-state index in [1.165, 1.54) is 0 Å². The van der Waals surface area contributed by atoms with Gasteiger partial charge in [0.15, 0.2) is 0 Å². The van der Waals surface area contributed by atoms with Crippen molar-refractivity contribution < 1.29 is 8.42 Å². The van der Waals surface area contributed by atoms with Crippen LogP contribution in [0.15, 0.2) is 24.5 Å². The Morgan fingerprint density at radius 3 is 2.78 bits per heavy atom. The highest BCUT2D eigenvalue weighted by molar-refractivity contribution is 7.89. The van der Waals surface area contributed by atoms with Crippen molar-refractivity contribution in [2.75, 3.05) is 12.3 Å². The first-order valence-corrected chi connectivity index (χ1v) is 7.74. The molecule has 18 heavy (non-hydrogen) atoms. The Kier molecular flexibility index (Phi) is 6.24. The standard InChI is InChI=1S/C12H21N3O2S/c1-11(2)14-7-4-8-18(16,17)15-10-12-5-3-6-13-9-12/h3,5-6,9,11,14-15H,4,7-8,10H2,1-2H3. The van der Waals surface area contributed by atoms with Crippen LogP contribution in [0.4, 0.5) is 0 Å². The Labute approximate surface area is 109 Å². The van der Waals surface area contributed by atoms with Gasteiger partial charge in [0.25, 0.3) is 0 Å². The van der Waals surface area contributed by atoms with Crippen LogP contribution in [0.2, 0.25) is 0 Å². The van der Waals surface area contributed by atoms with Crippen LogP contribution in [0.25, 0.3) is 0 Å². The van der Waals surface area contributed by atoms with Crippen molar-refractivity contribution in [3.63, 3.8) is 0 Å². The van der Waals surface area contributed by atoms with Crippen molar-refractivity contribution in [2.24, 2.45) is 0 Å². The van der Waals surface area contributed by atoms with E-state index < -0.39 is 10.0 Å². The predicted molar refractivity (Wildman–Crippen MR) is 72.6 cm³/mol. The third-order valence-electron chi connectivity index (χ3n) is 2.36. The van der Waals surface area contributed by atoms with Crippen molar-refractivity contribution in [1.82, 2.24) is 15.0 Å². The molecule has 1 heterocycles. The topological polar surface area (TPSA) is 71.1 Å². The summed E-state index contributed by atoms with van der Waals surface area (Å²) < 4.78 is 25.9. The molecule has 1 aromatic heterocycles. The second-order valence-electron chi connectivity index (χ2n) is 4.46. The van der Waals surface area contributed by atoms with Gasteiger partial charge in [-0.2, -0.15) is 0 Å². The third-order valence-corrected chi connectivity index (χ3v) is 3.77. The van der Waals surface area contributed by atoms with E-state index >= 15 is 0 Å². The summed E-state index contributed by atoms with van der Waals surface area (Å²) in [5.74, 6) is 0.146. The molecule has 6 heteroatoms. The lowest BCUT2D eigenvalue weighted by molar-refractivity contribution is 0.560. The van der Waals surface area contributed by atoms with E-state index in [1.54, 1.807) is 18.5 Å². The zero-order valence-corrected chi connectivity index (χ0v) is 11.7. The molecule has 0 aliphatic rings. The van der Waals surface area contributed by atoms with Gasteiger partial charge < -0.3 is 5.32 Å². The SMILES string of the molecule is CC(C)NCCCS(=O)(=O)NCc1cccnc1. The van der Waals surface area contributed by atoms with Gasteiger partial charge in [-0.25, -0.2) is 13.1 Å². The maximum absolute atomic E-state index is 11.7. The first-order chi connectivity index (χ1) is 8.49. The fourth-order valence-corrected chi connectivity index (χ4v) is 2.48. The summed E-state index contributed by atoms with van der Waals surface area (Å²) in [6, 6.07) is 4.02. The number of sulfonamides is 1. The molecule has 0 amide bonds. The minimum absolute atomic E-state index is 0.146. The summed E-state index contributed by atoms with van der Waals surface area (Å²) in [4.78, 5) is 3.94. The van der Waals surface area contributed by atoms with Gasteiger partial charge in [0, 0.05) is 25.0 Å². The molecule has 0 unspecified atom stereocenters. The summed E-state index contributed by atoms with van der Waals surface area (Å²) >= 11 is 0. The highest BCUT2D eigenvalue weighted by Crippen LogP contribution is 1.97. The van der Waals surface area contributed by atoms with Crippen LogP contribution in [-0.2, 0) is 16.6 Å². The van der Waals surface area contributed by atoms with Gasteiger partial charge in [0.1, 0.15) is 0 Å². The summed E-state index contributed by atoms with van der Waals surface area (Å²) in [7, 11) is -3.20. The molecule has 0 aromatic carbocycles. The van der Waals surface area contributed by atoms with Gasteiger partial charge >= 0.3 is 0 Å². The van der Waals surface area contributed by atoms with Gasteiger partial charge in [0.05, 0.1) is 5.75 Å². The monoisotopic (exact) mass is 271 g/mol. The summed E-state index contributed by atoms with van der Waals surface area (Å²) in [6.07, 6.45) is 3.93. The van der Waals surface area contributed by atoms with Crippen molar-refractivity contribution in [1.29, 1.82) is 0 Å². The fraction of sp³-hybridized carbons (Fsp3) is 0.583. The van der Waals surface area contributed by atoms with E-state index in [-0.39, 0.29) is 5.75 Å². The Hall–Kier alpha value is -0.980. The van der Waals surface area contributed by atoms with Crippen LogP contribution in [0.1, 0.15) is 25.8 Å². The number of hydrogen-bond acceptors (Lipinski definition) is 4. The van der Waals surface area contributed by atoms with Crippen molar-refractivity contribution in [2.45, 2.75) is 32.9 Å². The molecular formula is C12H21N3O2S. The zero-order chi connectivity index (χ0) is 13.4. The molecule has 0 fully saturated rings. The van der Waals surface area contributed by atoms with Crippen molar-refractivity contribution in [3.05, 3.63) is 30.1 Å². The molecule has 0 atom stereocenters. The van der Waals surface area contributed by atoms with Crippen LogP contribution in [0.3, 0.4) is 0 Å². The second kappa shape index (κ2) is 7.45. The Balaban J connectivity index is 2.28. The first-order valence-electron chi connectivity index (χ1n) is 6.09. The van der Waals surface area contributed by atoms with Crippen LogP contribution < -0.4 is 10.0 Å². The number of rotatable bonds is 8.